The maximum Gasteiger partial charge on any atom is 0.320 e. The fourth-order valence-corrected chi connectivity index (χ4v) is 5.98. The molecule has 3 N–H and O–H groups in total. The van der Waals surface area contributed by atoms with Crippen LogP contribution >= 0.6 is 11.3 Å². The first-order valence-corrected chi connectivity index (χ1v) is 13.4. The van der Waals surface area contributed by atoms with Gasteiger partial charge in [0, 0.05) is 36.6 Å². The lowest BCUT2D eigenvalue weighted by atomic mass is 9.91. The number of hydrogen-bond acceptors (Lipinski definition) is 6. The molecule has 2 amide bonds. The van der Waals surface area contributed by atoms with E-state index in [1.165, 1.54) is 24.1 Å². The van der Waals surface area contributed by atoms with Gasteiger partial charge in [0.2, 0.25) is 5.95 Å². The summed E-state index contributed by atoms with van der Waals surface area (Å²) >= 11 is 1.59. The minimum atomic E-state index is -0.128. The molecule has 2 aliphatic rings. The Morgan fingerprint density at radius 2 is 1.69 bits per heavy atom. The zero-order chi connectivity index (χ0) is 24.2. The highest BCUT2D eigenvalue weighted by Crippen LogP contribution is 2.32. The summed E-state index contributed by atoms with van der Waals surface area (Å²) in [6.07, 6.45) is 8.38. The Morgan fingerprint density at radius 3 is 2.46 bits per heavy atom. The zero-order valence-corrected chi connectivity index (χ0v) is 21.3. The summed E-state index contributed by atoms with van der Waals surface area (Å²) in [5, 5.41) is 10.6. The molecule has 1 saturated carbocycles. The van der Waals surface area contributed by atoms with E-state index in [0.717, 1.165) is 65.7 Å². The first-order chi connectivity index (χ1) is 17.0. The van der Waals surface area contributed by atoms with Crippen LogP contribution in [0.5, 0.6) is 0 Å². The van der Waals surface area contributed by atoms with E-state index in [4.69, 9.17) is 9.97 Å². The molecule has 2 aliphatic carbocycles. The summed E-state index contributed by atoms with van der Waals surface area (Å²) in [6.45, 7) is 0. The number of hydrogen-bond donors (Lipinski definition) is 3. The van der Waals surface area contributed by atoms with Gasteiger partial charge in [0.1, 0.15) is 5.82 Å². The standard InChI is InChI=1S/C27H34N6OS/c1-33(2)25-21-10-6-7-11-22(21)30-26(32-25)28-19-12-14-20(15-13-19)29-27(34)31-24-17-16-23(35-24)18-8-4-3-5-9-18/h3-5,8-9,16-17,19-20H,6-7,10-15H2,1-2H3,(H,28,30,32)(H2,29,31,34). The molecule has 0 bridgehead atoms. The Morgan fingerprint density at radius 1 is 0.943 bits per heavy atom. The van der Waals surface area contributed by atoms with Gasteiger partial charge < -0.3 is 15.5 Å². The highest BCUT2D eigenvalue weighted by molar-refractivity contribution is 7.19. The van der Waals surface area contributed by atoms with Crippen molar-refractivity contribution in [3.05, 3.63) is 53.7 Å². The molecule has 7 nitrogen and oxygen atoms in total. The number of benzene rings is 1. The number of aromatic nitrogens is 2. The first-order valence-electron chi connectivity index (χ1n) is 12.6. The summed E-state index contributed by atoms with van der Waals surface area (Å²) in [5.41, 5.74) is 3.68. The second-order valence-electron chi connectivity index (χ2n) is 9.72. The predicted molar refractivity (Wildman–Crippen MR) is 145 cm³/mol. The normalized spacial score (nSPS) is 19.5. The van der Waals surface area contributed by atoms with E-state index in [0.29, 0.717) is 6.04 Å². The van der Waals surface area contributed by atoms with Crippen LogP contribution in [0.25, 0.3) is 10.4 Å². The second-order valence-corrected chi connectivity index (χ2v) is 10.8. The van der Waals surface area contributed by atoms with Crippen LogP contribution in [0.4, 0.5) is 21.6 Å². The van der Waals surface area contributed by atoms with Gasteiger partial charge in [-0.3, -0.25) is 5.32 Å². The van der Waals surface area contributed by atoms with Crippen LogP contribution < -0.4 is 20.9 Å². The molecule has 3 aromatic rings. The number of carbonyl (C=O) groups is 1. The third-order valence-corrected chi connectivity index (χ3v) is 7.93. The van der Waals surface area contributed by atoms with E-state index in [-0.39, 0.29) is 12.1 Å². The fourth-order valence-electron chi connectivity index (χ4n) is 5.07. The lowest BCUT2D eigenvalue weighted by Gasteiger charge is -2.30. The SMILES string of the molecule is CN(C)c1nc(NC2CCC(NC(=O)Nc3ccc(-c4ccccc4)s3)CC2)nc2c1CCCC2. The minimum absolute atomic E-state index is 0.128. The second kappa shape index (κ2) is 10.6. The van der Waals surface area contributed by atoms with Crippen LogP contribution in [-0.4, -0.2) is 42.2 Å². The molecular weight excluding hydrogens is 456 g/mol. The molecule has 1 fully saturated rings. The molecule has 0 spiro atoms. The van der Waals surface area contributed by atoms with Crippen LogP contribution in [-0.2, 0) is 12.8 Å². The van der Waals surface area contributed by atoms with E-state index >= 15 is 0 Å². The number of fused-ring (bicyclic) bond motifs is 1. The number of aryl methyl sites for hydroxylation is 1. The van der Waals surface area contributed by atoms with Gasteiger partial charge in [0.25, 0.3) is 0 Å². The molecule has 0 unspecified atom stereocenters. The zero-order valence-electron chi connectivity index (χ0n) is 20.5. The summed E-state index contributed by atoms with van der Waals surface area (Å²) in [5.74, 6) is 1.80. The fraction of sp³-hybridized carbons (Fsp3) is 0.444. The molecular formula is C27H34N6OS. The van der Waals surface area contributed by atoms with Gasteiger partial charge in [0.05, 0.1) is 10.7 Å². The van der Waals surface area contributed by atoms with Crippen molar-refractivity contribution in [2.24, 2.45) is 0 Å². The number of nitrogens with zero attached hydrogens (tertiary/aromatic N) is 3. The maximum atomic E-state index is 12.6. The third-order valence-electron chi connectivity index (χ3n) is 6.88. The first kappa shape index (κ1) is 23.6. The Kier molecular flexibility index (Phi) is 7.18. The average Bonchev–Trinajstić information content (AvgIpc) is 3.33. The Hall–Kier alpha value is -3.13. The van der Waals surface area contributed by atoms with E-state index in [1.54, 1.807) is 11.3 Å². The molecule has 35 heavy (non-hydrogen) atoms. The van der Waals surface area contributed by atoms with Crippen molar-refractivity contribution in [2.45, 2.75) is 63.5 Å². The highest BCUT2D eigenvalue weighted by atomic mass is 32.1. The minimum Gasteiger partial charge on any atom is -0.362 e. The number of carbonyl (C=O) groups excluding carboxylic acids is 1. The summed E-state index contributed by atoms with van der Waals surface area (Å²) in [4.78, 5) is 25.5. The van der Waals surface area contributed by atoms with Gasteiger partial charge >= 0.3 is 6.03 Å². The van der Waals surface area contributed by atoms with Crippen molar-refractivity contribution in [2.75, 3.05) is 29.6 Å². The van der Waals surface area contributed by atoms with Gasteiger partial charge in [-0.15, -0.1) is 11.3 Å². The lowest BCUT2D eigenvalue weighted by Crippen LogP contribution is -2.42. The molecule has 0 aliphatic heterocycles. The molecule has 8 heteroatoms. The van der Waals surface area contributed by atoms with Gasteiger partial charge in [-0.2, -0.15) is 4.98 Å². The number of urea groups is 1. The number of anilines is 3. The number of thiophene rings is 1. The Labute approximate surface area is 211 Å². The van der Waals surface area contributed by atoms with Crippen molar-refractivity contribution in [1.29, 1.82) is 0 Å². The molecule has 0 saturated heterocycles. The van der Waals surface area contributed by atoms with E-state index in [1.807, 2.05) is 24.3 Å². The Balaban J connectivity index is 1.12. The molecule has 2 aromatic heterocycles. The molecule has 1 aromatic carbocycles. The van der Waals surface area contributed by atoms with Crippen molar-refractivity contribution in [1.82, 2.24) is 15.3 Å². The van der Waals surface area contributed by atoms with Gasteiger partial charge in [-0.05, 0) is 69.1 Å². The van der Waals surface area contributed by atoms with Crippen LogP contribution in [0.2, 0.25) is 0 Å². The summed E-state index contributed by atoms with van der Waals surface area (Å²) in [7, 11) is 4.11. The van der Waals surface area contributed by atoms with Gasteiger partial charge in [0.15, 0.2) is 0 Å². The van der Waals surface area contributed by atoms with E-state index < -0.39 is 0 Å². The van der Waals surface area contributed by atoms with Gasteiger partial charge in [-0.25, -0.2) is 9.78 Å². The van der Waals surface area contributed by atoms with Crippen molar-refractivity contribution >= 4 is 34.1 Å². The smallest absolute Gasteiger partial charge is 0.320 e. The number of nitrogens with one attached hydrogen (secondary N) is 3. The Bertz CT molecular complexity index is 1150. The third kappa shape index (κ3) is 5.75. The van der Waals surface area contributed by atoms with Crippen LogP contribution in [0.3, 0.4) is 0 Å². The predicted octanol–water partition coefficient (Wildman–Crippen LogP) is 5.69. The molecule has 2 heterocycles. The molecule has 0 radical (unpaired) electrons. The maximum absolute atomic E-state index is 12.6. The van der Waals surface area contributed by atoms with Crippen LogP contribution in [0.1, 0.15) is 49.8 Å². The van der Waals surface area contributed by atoms with Crippen LogP contribution in [0.15, 0.2) is 42.5 Å². The monoisotopic (exact) mass is 490 g/mol. The van der Waals surface area contributed by atoms with Crippen molar-refractivity contribution in [3.63, 3.8) is 0 Å². The highest BCUT2D eigenvalue weighted by Gasteiger charge is 2.25. The van der Waals surface area contributed by atoms with Crippen molar-refractivity contribution < 1.29 is 4.79 Å². The molecule has 0 atom stereocenters. The number of amides is 2. The van der Waals surface area contributed by atoms with E-state index in [9.17, 15) is 4.79 Å². The van der Waals surface area contributed by atoms with E-state index in [2.05, 4.69) is 53.1 Å². The lowest BCUT2D eigenvalue weighted by molar-refractivity contribution is 0.243. The molecule has 5 rings (SSSR count). The summed E-state index contributed by atoms with van der Waals surface area (Å²) in [6, 6.07) is 14.6. The van der Waals surface area contributed by atoms with Crippen LogP contribution in [0, 0.1) is 0 Å². The average molecular weight is 491 g/mol. The topological polar surface area (TPSA) is 82.2 Å². The van der Waals surface area contributed by atoms with Gasteiger partial charge in [-0.1, -0.05) is 30.3 Å². The largest absolute Gasteiger partial charge is 0.362 e. The number of rotatable bonds is 6. The quantitative estimate of drug-likeness (QED) is 0.413. The summed E-state index contributed by atoms with van der Waals surface area (Å²) < 4.78 is 0. The molecule has 184 valence electrons. The van der Waals surface area contributed by atoms with Crippen molar-refractivity contribution in [3.8, 4) is 10.4 Å².